The molecule has 0 saturated carbocycles. The average molecular weight is 299 g/mol. The van der Waals surface area contributed by atoms with Crippen molar-refractivity contribution in [1.82, 2.24) is 5.32 Å². The van der Waals surface area contributed by atoms with Gasteiger partial charge in [0.2, 0.25) is 0 Å². The second-order valence-electron chi connectivity index (χ2n) is 7.40. The third-order valence-corrected chi connectivity index (χ3v) is 4.80. The smallest absolute Gasteiger partial charge is 0.0190 e. The Morgan fingerprint density at radius 2 is 1.33 bits per heavy atom. The van der Waals surface area contributed by atoms with Crippen molar-refractivity contribution in [3.63, 3.8) is 0 Å². The lowest BCUT2D eigenvalue weighted by Gasteiger charge is -2.28. The minimum Gasteiger partial charge on any atom is -0.329 e. The third-order valence-electron chi connectivity index (χ3n) is 4.80. The molecule has 1 atom stereocenters. The van der Waals surface area contributed by atoms with Crippen LogP contribution in [-0.4, -0.2) is 19.1 Å². The second-order valence-corrected chi connectivity index (χ2v) is 7.40. The lowest BCUT2D eigenvalue weighted by Crippen LogP contribution is -2.41. The molecule has 0 heterocycles. The first-order chi connectivity index (χ1) is 10.0. The van der Waals surface area contributed by atoms with E-state index in [-0.39, 0.29) is 0 Å². The molecule has 0 aromatic carbocycles. The molecule has 0 aliphatic carbocycles. The van der Waals surface area contributed by atoms with E-state index in [1.165, 1.54) is 51.4 Å². The first-order valence-electron chi connectivity index (χ1n) is 9.46. The van der Waals surface area contributed by atoms with Gasteiger partial charge in [-0.05, 0) is 30.7 Å². The first-order valence-corrected chi connectivity index (χ1v) is 9.46. The fourth-order valence-electron chi connectivity index (χ4n) is 3.20. The Morgan fingerprint density at radius 3 is 1.81 bits per heavy atom. The summed E-state index contributed by atoms with van der Waals surface area (Å²) in [5.74, 6) is 2.25. The van der Waals surface area contributed by atoms with Gasteiger partial charge in [-0.15, -0.1) is 0 Å². The summed E-state index contributed by atoms with van der Waals surface area (Å²) in [4.78, 5) is 0. The van der Waals surface area contributed by atoms with Crippen molar-refractivity contribution >= 4 is 0 Å². The Bertz CT molecular complexity index is 206. The molecule has 3 N–H and O–H groups in total. The van der Waals surface area contributed by atoms with Crippen LogP contribution >= 0.6 is 0 Å². The predicted octanol–water partition coefficient (Wildman–Crippen LogP) is 4.97. The Kier molecular flexibility index (Phi) is 13.5. The summed E-state index contributed by atoms with van der Waals surface area (Å²) in [5.41, 5.74) is 5.93. The molecular formula is C19H42N2. The van der Waals surface area contributed by atoms with Gasteiger partial charge in [0.05, 0.1) is 0 Å². The van der Waals surface area contributed by atoms with Crippen molar-refractivity contribution in [3.8, 4) is 0 Å². The molecule has 0 radical (unpaired) electrons. The lowest BCUT2D eigenvalue weighted by molar-refractivity contribution is 0.262. The van der Waals surface area contributed by atoms with Crippen LogP contribution in [0.25, 0.3) is 0 Å². The van der Waals surface area contributed by atoms with Crippen LogP contribution in [0, 0.1) is 17.8 Å². The van der Waals surface area contributed by atoms with E-state index in [1.807, 2.05) is 0 Å². The predicted molar refractivity (Wildman–Crippen MR) is 96.6 cm³/mol. The summed E-state index contributed by atoms with van der Waals surface area (Å²) in [7, 11) is 0. The zero-order valence-corrected chi connectivity index (χ0v) is 15.5. The zero-order chi connectivity index (χ0) is 16.1. The zero-order valence-electron chi connectivity index (χ0n) is 15.5. The fourth-order valence-corrected chi connectivity index (χ4v) is 3.20. The van der Waals surface area contributed by atoms with E-state index in [0.29, 0.717) is 6.04 Å². The normalized spacial score (nSPS) is 13.6. The van der Waals surface area contributed by atoms with Crippen molar-refractivity contribution in [2.45, 2.75) is 92.0 Å². The summed E-state index contributed by atoms with van der Waals surface area (Å²) < 4.78 is 0. The maximum atomic E-state index is 5.93. The summed E-state index contributed by atoms with van der Waals surface area (Å²) in [6, 6.07) is 0.514. The number of nitrogens with one attached hydrogen (secondary N) is 1. The molecule has 0 amide bonds. The second kappa shape index (κ2) is 13.6. The van der Waals surface area contributed by atoms with Gasteiger partial charge in [0.15, 0.2) is 0 Å². The molecule has 0 saturated heterocycles. The molecule has 2 nitrogen and oxygen atoms in total. The molecule has 0 fully saturated rings. The lowest BCUT2D eigenvalue weighted by atomic mass is 9.85. The topological polar surface area (TPSA) is 38.0 Å². The van der Waals surface area contributed by atoms with Crippen LogP contribution < -0.4 is 11.1 Å². The maximum absolute atomic E-state index is 5.93. The van der Waals surface area contributed by atoms with Gasteiger partial charge in [-0.1, -0.05) is 79.6 Å². The average Bonchev–Trinajstić information content (AvgIpc) is 2.43. The van der Waals surface area contributed by atoms with Gasteiger partial charge >= 0.3 is 0 Å². The van der Waals surface area contributed by atoms with Crippen LogP contribution in [0.5, 0.6) is 0 Å². The molecule has 1 unspecified atom stereocenters. The number of hydrogen-bond donors (Lipinski definition) is 2. The Morgan fingerprint density at radius 1 is 0.810 bits per heavy atom. The van der Waals surface area contributed by atoms with E-state index in [9.17, 15) is 0 Å². The highest BCUT2D eigenvalue weighted by Crippen LogP contribution is 2.20. The molecule has 0 spiro atoms. The van der Waals surface area contributed by atoms with Crippen LogP contribution in [0.15, 0.2) is 0 Å². The van der Waals surface area contributed by atoms with Crippen molar-refractivity contribution < 1.29 is 0 Å². The van der Waals surface area contributed by atoms with Crippen molar-refractivity contribution in [1.29, 1.82) is 0 Å². The van der Waals surface area contributed by atoms with Gasteiger partial charge in [0.1, 0.15) is 0 Å². The summed E-state index contributed by atoms with van der Waals surface area (Å²) in [6.07, 6.45) is 10.9. The highest BCUT2D eigenvalue weighted by Gasteiger charge is 2.18. The molecule has 0 aliphatic rings. The van der Waals surface area contributed by atoms with E-state index in [0.717, 1.165) is 30.8 Å². The van der Waals surface area contributed by atoms with Gasteiger partial charge in [-0.2, -0.15) is 0 Å². The minimum absolute atomic E-state index is 0.514. The molecular weight excluding hydrogens is 256 g/mol. The largest absolute Gasteiger partial charge is 0.329 e. The first kappa shape index (κ1) is 20.9. The molecule has 21 heavy (non-hydrogen) atoms. The van der Waals surface area contributed by atoms with Gasteiger partial charge in [0.25, 0.3) is 0 Å². The van der Waals surface area contributed by atoms with E-state index in [1.54, 1.807) is 0 Å². The standard InChI is InChI=1S/C19H42N2/c1-6-7-8-9-10-11-12-13-18(14-20)21-15-19(16(2)3)17(4)5/h16-19,21H,6-15,20H2,1-5H3. The number of rotatable bonds is 14. The highest BCUT2D eigenvalue weighted by molar-refractivity contribution is 4.74. The molecule has 0 bridgehead atoms. The summed E-state index contributed by atoms with van der Waals surface area (Å²) in [5, 5.41) is 3.72. The molecule has 128 valence electrons. The van der Waals surface area contributed by atoms with Crippen LogP contribution in [0.3, 0.4) is 0 Å². The van der Waals surface area contributed by atoms with Crippen LogP contribution in [0.2, 0.25) is 0 Å². The van der Waals surface area contributed by atoms with Gasteiger partial charge in [-0.3, -0.25) is 0 Å². The van der Waals surface area contributed by atoms with E-state index in [2.05, 4.69) is 39.9 Å². The fraction of sp³-hybridized carbons (Fsp3) is 1.00. The summed E-state index contributed by atoms with van der Waals surface area (Å²) in [6.45, 7) is 13.5. The van der Waals surface area contributed by atoms with E-state index in [4.69, 9.17) is 5.73 Å². The number of nitrogens with two attached hydrogens (primary N) is 1. The maximum Gasteiger partial charge on any atom is 0.0190 e. The molecule has 0 aromatic heterocycles. The Labute approximate surface area is 134 Å². The highest BCUT2D eigenvalue weighted by atomic mass is 14.9. The quantitative estimate of drug-likeness (QED) is 0.444. The monoisotopic (exact) mass is 298 g/mol. The third kappa shape index (κ3) is 11.2. The van der Waals surface area contributed by atoms with Crippen molar-refractivity contribution in [2.75, 3.05) is 13.1 Å². The van der Waals surface area contributed by atoms with Gasteiger partial charge in [0, 0.05) is 12.6 Å². The van der Waals surface area contributed by atoms with Crippen LogP contribution in [-0.2, 0) is 0 Å². The van der Waals surface area contributed by atoms with Gasteiger partial charge < -0.3 is 11.1 Å². The van der Waals surface area contributed by atoms with E-state index >= 15 is 0 Å². The van der Waals surface area contributed by atoms with Gasteiger partial charge in [-0.25, -0.2) is 0 Å². The Hall–Kier alpha value is -0.0800. The van der Waals surface area contributed by atoms with E-state index < -0.39 is 0 Å². The SMILES string of the molecule is CCCCCCCCCC(CN)NCC(C(C)C)C(C)C. The minimum atomic E-state index is 0.514. The Balaban J connectivity index is 3.75. The molecule has 0 aromatic rings. The van der Waals surface area contributed by atoms with Crippen LogP contribution in [0.1, 0.15) is 86.0 Å². The number of hydrogen-bond acceptors (Lipinski definition) is 2. The van der Waals surface area contributed by atoms with Crippen molar-refractivity contribution in [3.05, 3.63) is 0 Å². The summed E-state index contributed by atoms with van der Waals surface area (Å²) >= 11 is 0. The van der Waals surface area contributed by atoms with Crippen molar-refractivity contribution in [2.24, 2.45) is 23.5 Å². The number of unbranched alkanes of at least 4 members (excludes halogenated alkanes) is 6. The molecule has 2 heteroatoms. The molecule has 0 aliphatic heterocycles. The molecule has 0 rings (SSSR count). The van der Waals surface area contributed by atoms with Crippen LogP contribution in [0.4, 0.5) is 0 Å².